The molecule has 1 N–H and O–H groups in total. The molecule has 0 unspecified atom stereocenters. The molecule has 0 radical (unpaired) electrons. The molecule has 15 heavy (non-hydrogen) atoms. The second-order valence-corrected chi connectivity index (χ2v) is 4.78. The lowest BCUT2D eigenvalue weighted by Gasteiger charge is -2.21. The number of hydrogen-bond acceptors (Lipinski definition) is 2. The highest BCUT2D eigenvalue weighted by atomic mass is 16.3. The predicted molar refractivity (Wildman–Crippen MR) is 62.1 cm³/mol. The molecule has 0 saturated carbocycles. The van der Waals surface area contributed by atoms with E-state index >= 15 is 0 Å². The van der Waals surface area contributed by atoms with E-state index < -0.39 is 0 Å². The minimum atomic E-state index is -0.0993. The SMILES string of the molecule is CC(C)(C)c1c(O)ccc2cccnc12. The maximum absolute atomic E-state index is 9.90. The van der Waals surface area contributed by atoms with Gasteiger partial charge in [0.15, 0.2) is 0 Å². The van der Waals surface area contributed by atoms with Gasteiger partial charge in [-0.3, -0.25) is 4.98 Å². The van der Waals surface area contributed by atoms with E-state index in [0.717, 1.165) is 16.5 Å². The van der Waals surface area contributed by atoms with E-state index in [0.29, 0.717) is 5.75 Å². The summed E-state index contributed by atoms with van der Waals surface area (Å²) in [5.74, 6) is 0.328. The second kappa shape index (κ2) is 3.23. The Morgan fingerprint density at radius 3 is 2.53 bits per heavy atom. The van der Waals surface area contributed by atoms with Crippen molar-refractivity contribution in [1.29, 1.82) is 0 Å². The first-order valence-electron chi connectivity index (χ1n) is 5.07. The summed E-state index contributed by atoms with van der Waals surface area (Å²) in [5, 5.41) is 11.0. The maximum Gasteiger partial charge on any atom is 0.121 e. The van der Waals surface area contributed by atoms with Crippen LogP contribution in [0.25, 0.3) is 10.9 Å². The first kappa shape index (κ1) is 9.97. The molecule has 0 aliphatic rings. The zero-order valence-electron chi connectivity index (χ0n) is 9.28. The van der Waals surface area contributed by atoms with E-state index in [2.05, 4.69) is 25.8 Å². The van der Waals surface area contributed by atoms with Gasteiger partial charge in [0.25, 0.3) is 0 Å². The Hall–Kier alpha value is -1.57. The standard InChI is InChI=1S/C13H15NO/c1-13(2,3)11-10(15)7-6-9-5-4-8-14-12(9)11/h4-8,15H,1-3H3. The molecular weight excluding hydrogens is 186 g/mol. The smallest absolute Gasteiger partial charge is 0.121 e. The zero-order chi connectivity index (χ0) is 11.1. The first-order valence-corrected chi connectivity index (χ1v) is 5.07. The Labute approximate surface area is 89.6 Å². The third kappa shape index (κ3) is 1.67. The summed E-state index contributed by atoms with van der Waals surface area (Å²) in [5.41, 5.74) is 1.71. The molecule has 2 nitrogen and oxygen atoms in total. The first-order chi connectivity index (χ1) is 7.00. The van der Waals surface area contributed by atoms with Gasteiger partial charge in [0.1, 0.15) is 5.75 Å². The summed E-state index contributed by atoms with van der Waals surface area (Å²) in [6.07, 6.45) is 1.76. The molecule has 0 fully saturated rings. The van der Waals surface area contributed by atoms with E-state index in [4.69, 9.17) is 0 Å². The largest absolute Gasteiger partial charge is 0.508 e. The average molecular weight is 201 g/mol. The van der Waals surface area contributed by atoms with Crippen molar-refractivity contribution in [1.82, 2.24) is 4.98 Å². The highest BCUT2D eigenvalue weighted by Crippen LogP contribution is 2.35. The highest BCUT2D eigenvalue weighted by molar-refractivity contribution is 5.84. The van der Waals surface area contributed by atoms with Gasteiger partial charge in [-0.05, 0) is 23.6 Å². The van der Waals surface area contributed by atoms with Crippen LogP contribution in [-0.4, -0.2) is 10.1 Å². The van der Waals surface area contributed by atoms with Gasteiger partial charge in [-0.2, -0.15) is 0 Å². The summed E-state index contributed by atoms with van der Waals surface area (Å²) in [7, 11) is 0. The Morgan fingerprint density at radius 1 is 1.13 bits per heavy atom. The van der Waals surface area contributed by atoms with Crippen LogP contribution in [0.2, 0.25) is 0 Å². The van der Waals surface area contributed by atoms with Crippen LogP contribution in [0.15, 0.2) is 30.5 Å². The third-order valence-electron chi connectivity index (χ3n) is 2.50. The summed E-state index contributed by atoms with van der Waals surface area (Å²) >= 11 is 0. The van der Waals surface area contributed by atoms with Crippen LogP contribution in [0.3, 0.4) is 0 Å². The van der Waals surface area contributed by atoms with Gasteiger partial charge in [-0.1, -0.05) is 26.8 Å². The number of aromatic hydroxyl groups is 1. The van der Waals surface area contributed by atoms with Crippen LogP contribution in [0.1, 0.15) is 26.3 Å². The van der Waals surface area contributed by atoms with E-state index in [1.54, 1.807) is 12.3 Å². The summed E-state index contributed by atoms with van der Waals surface area (Å²) in [6, 6.07) is 7.56. The van der Waals surface area contributed by atoms with Crippen molar-refractivity contribution in [2.45, 2.75) is 26.2 Å². The van der Waals surface area contributed by atoms with Crippen LogP contribution < -0.4 is 0 Å². The lowest BCUT2D eigenvalue weighted by molar-refractivity contribution is 0.449. The molecule has 0 aliphatic carbocycles. The molecule has 2 aromatic rings. The van der Waals surface area contributed by atoms with Crippen LogP contribution in [0.5, 0.6) is 5.75 Å². The van der Waals surface area contributed by atoms with Gasteiger partial charge in [0.2, 0.25) is 0 Å². The van der Waals surface area contributed by atoms with E-state index in [1.165, 1.54) is 0 Å². The number of pyridine rings is 1. The van der Waals surface area contributed by atoms with E-state index in [-0.39, 0.29) is 5.41 Å². The van der Waals surface area contributed by atoms with Crippen molar-refractivity contribution in [2.75, 3.05) is 0 Å². The Bertz CT molecular complexity index is 497. The molecule has 0 spiro atoms. The fourth-order valence-corrected chi connectivity index (χ4v) is 1.87. The molecule has 0 atom stereocenters. The number of phenols is 1. The molecule has 0 aliphatic heterocycles. The highest BCUT2D eigenvalue weighted by Gasteiger charge is 2.21. The molecule has 1 aromatic carbocycles. The van der Waals surface area contributed by atoms with Gasteiger partial charge in [-0.15, -0.1) is 0 Å². The van der Waals surface area contributed by atoms with Crippen LogP contribution in [0, 0.1) is 0 Å². The molecule has 1 heterocycles. The number of phenolic OH excluding ortho intramolecular Hbond substituents is 1. The van der Waals surface area contributed by atoms with E-state index in [1.807, 2.05) is 18.2 Å². The zero-order valence-corrected chi connectivity index (χ0v) is 9.28. The van der Waals surface area contributed by atoms with Gasteiger partial charge in [0, 0.05) is 17.1 Å². The van der Waals surface area contributed by atoms with Crippen molar-refractivity contribution >= 4 is 10.9 Å². The summed E-state index contributed by atoms with van der Waals surface area (Å²) in [4.78, 5) is 4.35. The number of rotatable bonds is 0. The topological polar surface area (TPSA) is 33.1 Å². The number of hydrogen-bond donors (Lipinski definition) is 1. The third-order valence-corrected chi connectivity index (χ3v) is 2.50. The van der Waals surface area contributed by atoms with Gasteiger partial charge >= 0.3 is 0 Å². The van der Waals surface area contributed by atoms with Crippen LogP contribution >= 0.6 is 0 Å². The van der Waals surface area contributed by atoms with Crippen molar-refractivity contribution in [3.8, 4) is 5.75 Å². The van der Waals surface area contributed by atoms with E-state index in [9.17, 15) is 5.11 Å². The van der Waals surface area contributed by atoms with Crippen molar-refractivity contribution in [2.24, 2.45) is 0 Å². The fourth-order valence-electron chi connectivity index (χ4n) is 1.87. The number of aromatic nitrogens is 1. The number of benzene rings is 1. The monoisotopic (exact) mass is 201 g/mol. The molecule has 0 saturated heterocycles. The molecule has 78 valence electrons. The summed E-state index contributed by atoms with van der Waals surface area (Å²) < 4.78 is 0. The molecular formula is C13H15NO. The minimum absolute atomic E-state index is 0.0993. The summed E-state index contributed by atoms with van der Waals surface area (Å²) in [6.45, 7) is 6.24. The second-order valence-electron chi connectivity index (χ2n) is 4.78. The lowest BCUT2D eigenvalue weighted by atomic mass is 9.84. The quantitative estimate of drug-likeness (QED) is 0.709. The van der Waals surface area contributed by atoms with Crippen molar-refractivity contribution < 1.29 is 5.11 Å². The molecule has 2 heteroatoms. The molecule has 0 amide bonds. The minimum Gasteiger partial charge on any atom is -0.508 e. The normalized spacial score (nSPS) is 11.9. The Morgan fingerprint density at radius 2 is 1.87 bits per heavy atom. The van der Waals surface area contributed by atoms with Crippen molar-refractivity contribution in [3.05, 3.63) is 36.0 Å². The predicted octanol–water partition coefficient (Wildman–Crippen LogP) is 3.24. The maximum atomic E-state index is 9.90. The van der Waals surface area contributed by atoms with Gasteiger partial charge in [0.05, 0.1) is 5.52 Å². The lowest BCUT2D eigenvalue weighted by Crippen LogP contribution is -2.12. The molecule has 2 rings (SSSR count). The molecule has 1 aromatic heterocycles. The van der Waals surface area contributed by atoms with Crippen molar-refractivity contribution in [3.63, 3.8) is 0 Å². The Kier molecular flexibility index (Phi) is 2.14. The van der Waals surface area contributed by atoms with Crippen LogP contribution in [0.4, 0.5) is 0 Å². The van der Waals surface area contributed by atoms with Gasteiger partial charge < -0.3 is 5.11 Å². The Balaban J connectivity index is 2.86. The van der Waals surface area contributed by atoms with Gasteiger partial charge in [-0.25, -0.2) is 0 Å². The number of nitrogens with zero attached hydrogens (tertiary/aromatic N) is 1. The molecule has 0 bridgehead atoms. The number of fused-ring (bicyclic) bond motifs is 1. The van der Waals surface area contributed by atoms with Crippen LogP contribution in [-0.2, 0) is 5.41 Å². The average Bonchev–Trinajstić information content (AvgIpc) is 2.15. The fraction of sp³-hybridized carbons (Fsp3) is 0.308.